The smallest absolute Gasteiger partial charge is 0.248 e. The van der Waals surface area contributed by atoms with E-state index in [9.17, 15) is 0 Å². The third-order valence-corrected chi connectivity index (χ3v) is 8.33. The maximum Gasteiger partial charge on any atom is 0.248 e. The monoisotopic (exact) mass is 552 g/mol. The molecule has 0 saturated carbocycles. The first-order valence-electron chi connectivity index (χ1n) is 14.3. The minimum atomic E-state index is 0.496. The first kappa shape index (κ1) is 23.7. The van der Waals surface area contributed by atoms with Crippen molar-refractivity contribution in [1.82, 2.24) is 19.3 Å². The summed E-state index contributed by atoms with van der Waals surface area (Å²) in [4.78, 5) is 0. The minimum Gasteiger partial charge on any atom is -0.416 e. The van der Waals surface area contributed by atoms with Crippen molar-refractivity contribution in [1.29, 1.82) is 0 Å². The molecule has 0 radical (unpaired) electrons. The van der Waals surface area contributed by atoms with Gasteiger partial charge in [-0.15, -0.1) is 10.2 Å². The molecule has 0 fully saturated rings. The van der Waals surface area contributed by atoms with Gasteiger partial charge in [-0.2, -0.15) is 0 Å². The molecule has 9 rings (SSSR count). The number of hydrogen-bond acceptors (Lipinski definition) is 3. The fourth-order valence-corrected chi connectivity index (χ4v) is 6.36. The lowest BCUT2D eigenvalue weighted by Gasteiger charge is -2.08. The number of aromatic nitrogens is 4. The van der Waals surface area contributed by atoms with Crippen LogP contribution in [0.5, 0.6) is 0 Å². The summed E-state index contributed by atoms with van der Waals surface area (Å²) < 4.78 is 10.8. The fraction of sp³-hybridized carbons (Fsp3) is 0. The zero-order valence-electron chi connectivity index (χ0n) is 23.1. The Morgan fingerprint density at radius 1 is 0.349 bits per heavy atom. The van der Waals surface area contributed by atoms with Crippen molar-refractivity contribution in [2.24, 2.45) is 0 Å². The van der Waals surface area contributed by atoms with Crippen LogP contribution in [-0.4, -0.2) is 19.3 Å². The number of benzene rings is 6. The average molecular weight is 553 g/mol. The Labute approximate surface area is 246 Å². The van der Waals surface area contributed by atoms with Crippen molar-refractivity contribution in [2.75, 3.05) is 0 Å². The van der Waals surface area contributed by atoms with Gasteiger partial charge in [0.25, 0.3) is 0 Å². The van der Waals surface area contributed by atoms with Gasteiger partial charge in [0.2, 0.25) is 11.8 Å². The van der Waals surface area contributed by atoms with E-state index in [2.05, 4.69) is 141 Å². The van der Waals surface area contributed by atoms with Gasteiger partial charge in [-0.3, -0.25) is 0 Å². The van der Waals surface area contributed by atoms with Gasteiger partial charge in [-0.25, -0.2) is 0 Å². The summed E-state index contributed by atoms with van der Waals surface area (Å²) in [6, 6.07) is 50.7. The molecule has 0 aliphatic carbocycles. The van der Waals surface area contributed by atoms with Gasteiger partial charge in [0.05, 0.1) is 22.1 Å². The summed E-state index contributed by atoms with van der Waals surface area (Å²) in [7, 11) is 0. The molecule has 0 spiro atoms. The van der Waals surface area contributed by atoms with Crippen LogP contribution in [-0.2, 0) is 0 Å². The lowest BCUT2D eigenvalue weighted by molar-refractivity contribution is 0.584. The number of fused-ring (bicyclic) bond motifs is 6. The molecule has 0 N–H and O–H groups in total. The SMILES string of the molecule is c1ccc2c(c1)c1ccccc1n2-c1ccc(-c2nnc(-c3ccc(-n4c5ccccc5c5ccccc54)cc3)o2)cc1. The van der Waals surface area contributed by atoms with Crippen LogP contribution in [0, 0.1) is 0 Å². The number of hydrogen-bond donors (Lipinski definition) is 0. The fourth-order valence-electron chi connectivity index (χ4n) is 6.36. The second-order valence-electron chi connectivity index (χ2n) is 10.7. The second-order valence-corrected chi connectivity index (χ2v) is 10.7. The molecule has 3 heterocycles. The van der Waals surface area contributed by atoms with Gasteiger partial charge >= 0.3 is 0 Å². The van der Waals surface area contributed by atoms with Gasteiger partial charge < -0.3 is 13.6 Å². The van der Waals surface area contributed by atoms with Gasteiger partial charge in [-0.05, 0) is 72.8 Å². The Kier molecular flexibility index (Phi) is 5.13. The lowest BCUT2D eigenvalue weighted by Crippen LogP contribution is -1.93. The molecule has 0 saturated heterocycles. The second kappa shape index (κ2) is 9.29. The van der Waals surface area contributed by atoms with Crippen LogP contribution in [0.1, 0.15) is 0 Å². The Bertz CT molecular complexity index is 2170. The van der Waals surface area contributed by atoms with Crippen LogP contribution in [0.2, 0.25) is 0 Å². The molecule has 202 valence electrons. The maximum absolute atomic E-state index is 6.16. The molecule has 43 heavy (non-hydrogen) atoms. The Morgan fingerprint density at radius 2 is 0.651 bits per heavy atom. The topological polar surface area (TPSA) is 48.8 Å². The first-order valence-corrected chi connectivity index (χ1v) is 14.3. The molecule has 5 heteroatoms. The average Bonchev–Trinajstić information content (AvgIpc) is 3.78. The zero-order chi connectivity index (χ0) is 28.3. The molecule has 3 aromatic heterocycles. The predicted octanol–water partition coefficient (Wildman–Crippen LogP) is 9.60. The quantitative estimate of drug-likeness (QED) is 0.218. The molecular weight excluding hydrogens is 528 g/mol. The highest BCUT2D eigenvalue weighted by molar-refractivity contribution is 6.10. The van der Waals surface area contributed by atoms with Crippen LogP contribution in [0.15, 0.2) is 150 Å². The third-order valence-electron chi connectivity index (χ3n) is 8.33. The van der Waals surface area contributed by atoms with E-state index in [1.807, 2.05) is 24.3 Å². The normalized spacial score (nSPS) is 11.7. The van der Waals surface area contributed by atoms with E-state index >= 15 is 0 Å². The number of rotatable bonds is 4. The van der Waals surface area contributed by atoms with E-state index in [-0.39, 0.29) is 0 Å². The highest BCUT2D eigenvalue weighted by Crippen LogP contribution is 2.34. The summed E-state index contributed by atoms with van der Waals surface area (Å²) in [5.74, 6) is 0.991. The van der Waals surface area contributed by atoms with E-state index in [1.165, 1.54) is 43.6 Å². The summed E-state index contributed by atoms with van der Waals surface area (Å²) in [5, 5.41) is 13.7. The highest BCUT2D eigenvalue weighted by atomic mass is 16.4. The number of nitrogens with zero attached hydrogens (tertiary/aromatic N) is 4. The van der Waals surface area contributed by atoms with Crippen LogP contribution in [0.4, 0.5) is 0 Å². The molecule has 0 aliphatic rings. The summed E-state index contributed by atoms with van der Waals surface area (Å²) in [6.07, 6.45) is 0. The van der Waals surface area contributed by atoms with Crippen LogP contribution in [0.3, 0.4) is 0 Å². The molecule has 0 unspecified atom stereocenters. The van der Waals surface area contributed by atoms with Crippen molar-refractivity contribution in [2.45, 2.75) is 0 Å². The van der Waals surface area contributed by atoms with E-state index in [0.717, 1.165) is 22.5 Å². The van der Waals surface area contributed by atoms with Crippen molar-refractivity contribution in [3.63, 3.8) is 0 Å². The van der Waals surface area contributed by atoms with Crippen LogP contribution < -0.4 is 0 Å². The Balaban J connectivity index is 1.04. The third kappa shape index (κ3) is 3.65. The summed E-state index contributed by atoms with van der Waals surface area (Å²) in [5.41, 5.74) is 8.65. The minimum absolute atomic E-state index is 0.496. The van der Waals surface area contributed by atoms with Gasteiger partial charge in [0.15, 0.2) is 0 Å². The van der Waals surface area contributed by atoms with Crippen molar-refractivity contribution in [3.8, 4) is 34.3 Å². The van der Waals surface area contributed by atoms with Gasteiger partial charge in [-0.1, -0.05) is 72.8 Å². The Morgan fingerprint density at radius 3 is 0.977 bits per heavy atom. The molecule has 5 nitrogen and oxygen atoms in total. The summed E-state index contributed by atoms with van der Waals surface area (Å²) >= 11 is 0. The van der Waals surface area contributed by atoms with Gasteiger partial charge in [0, 0.05) is 44.0 Å². The standard InChI is InChI=1S/C38H24N4O/c1-5-13-33-29(9-1)30-10-2-6-14-34(30)41(33)27-21-17-25(18-22-27)37-39-40-38(43-37)26-19-23-28(24-20-26)42-35-15-7-3-11-31(35)32-12-4-8-16-36(32)42/h1-24H. The summed E-state index contributed by atoms with van der Waals surface area (Å²) in [6.45, 7) is 0. The van der Waals surface area contributed by atoms with Crippen molar-refractivity contribution in [3.05, 3.63) is 146 Å². The maximum atomic E-state index is 6.16. The largest absolute Gasteiger partial charge is 0.416 e. The molecule has 6 aromatic carbocycles. The van der Waals surface area contributed by atoms with E-state index in [4.69, 9.17) is 4.42 Å². The molecule has 0 amide bonds. The van der Waals surface area contributed by atoms with E-state index < -0.39 is 0 Å². The van der Waals surface area contributed by atoms with Crippen LogP contribution >= 0.6 is 0 Å². The number of para-hydroxylation sites is 4. The van der Waals surface area contributed by atoms with Crippen molar-refractivity contribution < 1.29 is 4.42 Å². The molecule has 0 atom stereocenters. The highest BCUT2D eigenvalue weighted by Gasteiger charge is 2.15. The molecule has 0 aliphatic heterocycles. The molecular formula is C38H24N4O. The van der Waals surface area contributed by atoms with E-state index in [1.54, 1.807) is 0 Å². The Hall–Kier alpha value is -5.94. The molecule has 0 bridgehead atoms. The van der Waals surface area contributed by atoms with Crippen LogP contribution in [0.25, 0.3) is 77.9 Å². The van der Waals surface area contributed by atoms with Crippen molar-refractivity contribution >= 4 is 43.6 Å². The zero-order valence-corrected chi connectivity index (χ0v) is 23.1. The lowest BCUT2D eigenvalue weighted by atomic mass is 10.2. The van der Waals surface area contributed by atoms with Gasteiger partial charge in [0.1, 0.15) is 0 Å². The first-order chi connectivity index (χ1) is 21.3. The predicted molar refractivity (Wildman–Crippen MR) is 174 cm³/mol. The molecule has 9 aromatic rings. The van der Waals surface area contributed by atoms with E-state index in [0.29, 0.717) is 11.8 Å².